The first-order valence-corrected chi connectivity index (χ1v) is 21.6. The standard InChI is InChI=1S/C20H21NO7.C17H17NO5.C13H10ClNO3/c1-3-26-19(22)18(20(23)27-4-2)16-11-10-15(12-17(16)21(24)25)28-13-14-8-6-5-7-9-14;1-2-22-17(19)10-14-8-9-15(11-16(14)18(20)21)23-12-13-6-4-3-5-7-13;14-12-7-6-11(8-13(12)15(16)17)18-9-10-4-2-1-3-5-10/h5-12,18H,3-4,13H2,1-2H3;3-9,11H,2,10,12H2,1H3;1-8H,9H2. The Morgan fingerprint density at radius 2 is 0.870 bits per heavy atom. The number of carbonyl (C=O) groups is 3. The summed E-state index contributed by atoms with van der Waals surface area (Å²) in [5, 5.41) is 33.6. The maximum absolute atomic E-state index is 12.3. The summed E-state index contributed by atoms with van der Waals surface area (Å²) in [5.41, 5.74) is 2.34. The zero-order valence-electron chi connectivity index (χ0n) is 37.7. The Morgan fingerprint density at radius 1 is 0.493 bits per heavy atom. The third-order valence-electron chi connectivity index (χ3n) is 9.31. The average molecular weight is 966 g/mol. The van der Waals surface area contributed by atoms with Crippen molar-refractivity contribution in [2.45, 2.75) is 52.9 Å². The second-order valence-corrected chi connectivity index (χ2v) is 14.5. The van der Waals surface area contributed by atoms with Gasteiger partial charge in [-0.3, -0.25) is 44.7 Å². The van der Waals surface area contributed by atoms with E-state index in [9.17, 15) is 44.7 Å². The molecule has 69 heavy (non-hydrogen) atoms. The molecule has 6 aromatic rings. The SMILES string of the molecule is CCOC(=O)C(C(=O)OCC)c1ccc(OCc2ccccc2)cc1[N+](=O)[O-].CCOC(=O)Cc1ccc(OCc2ccccc2)cc1[N+](=O)[O-].O=[N+]([O-])c1cc(OCc2ccccc2)ccc1Cl. The molecule has 0 unspecified atom stereocenters. The monoisotopic (exact) mass is 965 g/mol. The molecule has 0 aliphatic heterocycles. The number of halogens is 1. The molecule has 0 amide bonds. The van der Waals surface area contributed by atoms with Crippen molar-refractivity contribution >= 4 is 46.6 Å². The Bertz CT molecular complexity index is 2640. The Balaban J connectivity index is 0.000000231. The van der Waals surface area contributed by atoms with Crippen molar-refractivity contribution in [2.24, 2.45) is 0 Å². The molecule has 6 aromatic carbocycles. The molecule has 0 N–H and O–H groups in total. The lowest BCUT2D eigenvalue weighted by molar-refractivity contribution is -0.385. The molecule has 0 fully saturated rings. The summed E-state index contributed by atoms with van der Waals surface area (Å²) < 4.78 is 31.3. The van der Waals surface area contributed by atoms with Gasteiger partial charge in [0.15, 0.2) is 5.92 Å². The second-order valence-electron chi connectivity index (χ2n) is 14.1. The van der Waals surface area contributed by atoms with E-state index in [1.807, 2.05) is 91.0 Å². The summed E-state index contributed by atoms with van der Waals surface area (Å²) >= 11 is 5.71. The molecule has 0 heterocycles. The lowest BCUT2D eigenvalue weighted by Crippen LogP contribution is -2.27. The fraction of sp³-hybridized carbons (Fsp3) is 0.220. The highest BCUT2D eigenvalue weighted by molar-refractivity contribution is 6.32. The highest BCUT2D eigenvalue weighted by Crippen LogP contribution is 2.33. The summed E-state index contributed by atoms with van der Waals surface area (Å²) in [7, 11) is 0. The number of nitrogens with zero attached hydrogens (tertiary/aromatic N) is 3. The number of rotatable bonds is 20. The van der Waals surface area contributed by atoms with Crippen molar-refractivity contribution in [3.05, 3.63) is 209 Å². The molecule has 0 saturated carbocycles. The Labute approximate surface area is 401 Å². The van der Waals surface area contributed by atoms with Crippen LogP contribution in [0.1, 0.15) is 54.5 Å². The number of nitro benzene ring substituents is 3. The molecule has 0 aromatic heterocycles. The van der Waals surface area contributed by atoms with Crippen LogP contribution in [-0.2, 0) is 54.8 Å². The van der Waals surface area contributed by atoms with E-state index in [0.717, 1.165) is 16.7 Å². The van der Waals surface area contributed by atoms with E-state index in [1.165, 1.54) is 42.5 Å². The van der Waals surface area contributed by atoms with E-state index in [4.69, 9.17) is 40.0 Å². The zero-order chi connectivity index (χ0) is 50.1. The predicted octanol–water partition coefficient (Wildman–Crippen LogP) is 10.5. The van der Waals surface area contributed by atoms with E-state index >= 15 is 0 Å². The third-order valence-corrected chi connectivity index (χ3v) is 9.63. The van der Waals surface area contributed by atoms with E-state index in [1.54, 1.807) is 32.9 Å². The number of carbonyl (C=O) groups excluding carboxylic acids is 3. The van der Waals surface area contributed by atoms with Crippen LogP contribution in [0.4, 0.5) is 17.1 Å². The number of benzene rings is 6. The van der Waals surface area contributed by atoms with Gasteiger partial charge in [0.1, 0.15) is 42.1 Å². The molecule has 0 saturated heterocycles. The minimum atomic E-state index is -1.54. The fourth-order valence-electron chi connectivity index (χ4n) is 6.08. The molecular weight excluding hydrogens is 918 g/mol. The normalized spacial score (nSPS) is 10.2. The van der Waals surface area contributed by atoms with Crippen molar-refractivity contribution < 1.29 is 57.6 Å². The van der Waals surface area contributed by atoms with Gasteiger partial charge in [-0.15, -0.1) is 0 Å². The van der Waals surface area contributed by atoms with Gasteiger partial charge in [0, 0.05) is 5.56 Å². The summed E-state index contributed by atoms with van der Waals surface area (Å²) in [6.45, 7) is 6.04. The van der Waals surface area contributed by atoms with Gasteiger partial charge in [-0.05, 0) is 73.9 Å². The highest BCUT2D eigenvalue weighted by atomic mass is 35.5. The number of nitro groups is 3. The number of esters is 3. The molecule has 0 spiro atoms. The van der Waals surface area contributed by atoms with Crippen molar-refractivity contribution in [1.82, 2.24) is 0 Å². The second kappa shape index (κ2) is 27.9. The van der Waals surface area contributed by atoms with Gasteiger partial charge in [-0.1, -0.05) is 103 Å². The molecule has 19 heteroatoms. The van der Waals surface area contributed by atoms with E-state index in [0.29, 0.717) is 30.3 Å². The minimum Gasteiger partial charge on any atom is -0.489 e. The van der Waals surface area contributed by atoms with Crippen molar-refractivity contribution in [3.8, 4) is 17.2 Å². The van der Waals surface area contributed by atoms with Crippen LogP contribution in [0.25, 0.3) is 0 Å². The first kappa shape index (κ1) is 53.2. The number of hydrogen-bond donors (Lipinski definition) is 0. The van der Waals surface area contributed by atoms with Crippen LogP contribution in [0.5, 0.6) is 17.2 Å². The van der Waals surface area contributed by atoms with E-state index in [2.05, 4.69) is 0 Å². The van der Waals surface area contributed by atoms with Gasteiger partial charge in [-0.25, -0.2) is 0 Å². The minimum absolute atomic E-state index is 0.0286. The van der Waals surface area contributed by atoms with Gasteiger partial charge in [0.05, 0.1) is 64.8 Å². The lowest BCUT2D eigenvalue weighted by Gasteiger charge is -2.15. The largest absolute Gasteiger partial charge is 0.489 e. The number of hydrogen-bond acceptors (Lipinski definition) is 15. The maximum Gasteiger partial charge on any atom is 0.325 e. The quantitative estimate of drug-likeness (QED) is 0.0227. The summed E-state index contributed by atoms with van der Waals surface area (Å²) in [6, 6.07) is 41.2. The van der Waals surface area contributed by atoms with Crippen LogP contribution in [0.15, 0.2) is 146 Å². The van der Waals surface area contributed by atoms with Gasteiger partial charge in [0.2, 0.25) is 0 Å². The molecule has 0 radical (unpaired) electrons. The predicted molar refractivity (Wildman–Crippen MR) is 253 cm³/mol. The van der Waals surface area contributed by atoms with Crippen LogP contribution >= 0.6 is 11.6 Å². The summed E-state index contributed by atoms with van der Waals surface area (Å²) in [5.74, 6) is -2.78. The first-order chi connectivity index (χ1) is 33.2. The molecule has 0 aliphatic rings. The van der Waals surface area contributed by atoms with Crippen LogP contribution in [0.2, 0.25) is 5.02 Å². The third kappa shape index (κ3) is 17.4. The van der Waals surface area contributed by atoms with E-state index in [-0.39, 0.29) is 60.6 Å². The van der Waals surface area contributed by atoms with Crippen LogP contribution in [0, 0.1) is 30.3 Å². The summed E-state index contributed by atoms with van der Waals surface area (Å²) in [4.78, 5) is 67.7. The van der Waals surface area contributed by atoms with Gasteiger partial charge < -0.3 is 28.4 Å². The van der Waals surface area contributed by atoms with Crippen LogP contribution in [-0.4, -0.2) is 52.5 Å². The Morgan fingerprint density at radius 3 is 1.28 bits per heavy atom. The fourth-order valence-corrected chi connectivity index (χ4v) is 6.27. The maximum atomic E-state index is 12.3. The molecule has 0 aliphatic carbocycles. The van der Waals surface area contributed by atoms with Crippen molar-refractivity contribution in [3.63, 3.8) is 0 Å². The Hall–Kier alpha value is -8.38. The highest BCUT2D eigenvalue weighted by Gasteiger charge is 2.37. The van der Waals surface area contributed by atoms with Gasteiger partial charge >= 0.3 is 17.9 Å². The molecular formula is C50H48ClN3O15. The van der Waals surface area contributed by atoms with Crippen molar-refractivity contribution in [2.75, 3.05) is 19.8 Å². The topological polar surface area (TPSA) is 236 Å². The van der Waals surface area contributed by atoms with Crippen LogP contribution < -0.4 is 14.2 Å². The van der Waals surface area contributed by atoms with Gasteiger partial charge in [-0.2, -0.15) is 0 Å². The smallest absolute Gasteiger partial charge is 0.325 e. The molecule has 6 rings (SSSR count). The first-order valence-electron chi connectivity index (χ1n) is 21.2. The molecule has 18 nitrogen and oxygen atoms in total. The van der Waals surface area contributed by atoms with Crippen molar-refractivity contribution in [1.29, 1.82) is 0 Å². The molecule has 0 bridgehead atoms. The Kier molecular flexibility index (Phi) is 21.6. The summed E-state index contributed by atoms with van der Waals surface area (Å²) in [6.07, 6.45) is -0.136. The van der Waals surface area contributed by atoms with Crippen LogP contribution in [0.3, 0.4) is 0 Å². The molecule has 0 atom stereocenters. The van der Waals surface area contributed by atoms with E-state index < -0.39 is 44.3 Å². The average Bonchev–Trinajstić information content (AvgIpc) is 3.34. The zero-order valence-corrected chi connectivity index (χ0v) is 38.5. The van der Waals surface area contributed by atoms with Gasteiger partial charge in [0.25, 0.3) is 17.1 Å². The number of ether oxygens (including phenoxy) is 6. The molecule has 360 valence electrons. The lowest BCUT2D eigenvalue weighted by atomic mass is 9.97.